The fraction of sp³-hybridized carbons (Fsp3) is 0.178. The zero-order valence-electron chi connectivity index (χ0n) is 26.7. The van der Waals surface area contributed by atoms with Crippen molar-refractivity contribution in [3.8, 4) is 21.6 Å². The normalized spacial score (nSPS) is 17.8. The lowest BCUT2D eigenvalue weighted by Gasteiger charge is -2.29. The molecule has 0 N–H and O–H groups in total. The van der Waals surface area contributed by atoms with E-state index in [4.69, 9.17) is 0 Å². The molecule has 0 radical (unpaired) electrons. The lowest BCUT2D eigenvalue weighted by Crippen LogP contribution is -2.09. The Labute approximate surface area is 287 Å². The van der Waals surface area contributed by atoms with Crippen LogP contribution in [-0.4, -0.2) is 0 Å². The molecule has 230 valence electrons. The Hall–Kier alpha value is -4.24. The lowest BCUT2D eigenvalue weighted by atomic mass is 9.84. The first-order valence-electron chi connectivity index (χ1n) is 17.0. The Balaban J connectivity index is 1.15. The summed E-state index contributed by atoms with van der Waals surface area (Å²) in [5.41, 5.74) is 12.8. The average molecular weight is 644 g/mol. The maximum Gasteiger partial charge on any atom is 0.238 e. The minimum Gasteiger partial charge on any atom is -0.0892 e. The second kappa shape index (κ2) is 13.9. The summed E-state index contributed by atoms with van der Waals surface area (Å²) in [7, 11) is 0. The molecule has 8 rings (SSSR count). The highest BCUT2D eigenvalue weighted by atomic mass is 32.2. The molecular weight excluding hydrogens is 605 g/mol. The van der Waals surface area contributed by atoms with Crippen molar-refractivity contribution in [3.05, 3.63) is 183 Å². The summed E-state index contributed by atoms with van der Waals surface area (Å²) in [6, 6.07) is 46.4. The van der Waals surface area contributed by atoms with E-state index in [0.717, 1.165) is 19.3 Å². The molecule has 47 heavy (non-hydrogen) atoms. The number of hydrogen-bond acceptors (Lipinski definition) is 1. The third-order valence-corrected chi connectivity index (χ3v) is 12.4. The van der Waals surface area contributed by atoms with Crippen LogP contribution in [0.15, 0.2) is 162 Å². The van der Waals surface area contributed by atoms with E-state index in [1.165, 1.54) is 73.8 Å². The topological polar surface area (TPSA) is 0 Å². The van der Waals surface area contributed by atoms with E-state index in [2.05, 4.69) is 146 Å². The monoisotopic (exact) mass is 643 g/mol. The molecule has 1 aliphatic heterocycles. The molecule has 5 aromatic rings. The van der Waals surface area contributed by atoms with E-state index in [1.54, 1.807) is 21.6 Å². The van der Waals surface area contributed by atoms with Crippen molar-refractivity contribution in [1.82, 2.24) is 0 Å². The highest BCUT2D eigenvalue weighted by Crippen LogP contribution is 2.52. The minimum atomic E-state index is 0.456. The first kappa shape index (κ1) is 30.1. The third kappa shape index (κ3) is 6.38. The predicted octanol–water partition coefficient (Wildman–Crippen LogP) is 13.4. The summed E-state index contributed by atoms with van der Waals surface area (Å²) in [4.78, 5) is 5.80. The summed E-state index contributed by atoms with van der Waals surface area (Å²) in [5, 5.41) is 0. The van der Waals surface area contributed by atoms with E-state index < -0.39 is 0 Å². The van der Waals surface area contributed by atoms with Gasteiger partial charge in [0.15, 0.2) is 0 Å². The largest absolute Gasteiger partial charge is 0.238 e. The van der Waals surface area contributed by atoms with Gasteiger partial charge in [-0.3, -0.25) is 0 Å². The Morgan fingerprint density at radius 3 is 2.00 bits per heavy atom. The minimum absolute atomic E-state index is 0.456. The smallest absolute Gasteiger partial charge is 0.0892 e. The fourth-order valence-corrected chi connectivity index (χ4v) is 10.1. The molecule has 0 spiro atoms. The van der Waals surface area contributed by atoms with Gasteiger partial charge in [0.25, 0.3) is 0 Å². The predicted molar refractivity (Wildman–Crippen MR) is 205 cm³/mol. The van der Waals surface area contributed by atoms with E-state index in [1.807, 2.05) is 23.1 Å². The molecule has 0 saturated heterocycles. The van der Waals surface area contributed by atoms with Gasteiger partial charge in [-0.1, -0.05) is 139 Å². The SMILES string of the molecule is C(=CC1CCCc2c(-c3ccccc3)cc(-c3ccccc3)[s+]c21)CC1=C2SC(c3ccccc3)=CC(c3ccccc3)=C2CCC1. The number of thioether (sulfide) groups is 1. The van der Waals surface area contributed by atoms with Crippen molar-refractivity contribution in [2.75, 3.05) is 0 Å². The Morgan fingerprint density at radius 1 is 0.660 bits per heavy atom. The zero-order valence-corrected chi connectivity index (χ0v) is 28.3. The summed E-state index contributed by atoms with van der Waals surface area (Å²) in [6.07, 6.45) is 15.7. The Bertz CT molecular complexity index is 2000. The molecule has 2 heterocycles. The van der Waals surface area contributed by atoms with Crippen LogP contribution < -0.4 is 0 Å². The number of rotatable bonds is 7. The highest BCUT2D eigenvalue weighted by Gasteiger charge is 2.32. The molecule has 0 saturated carbocycles. The van der Waals surface area contributed by atoms with E-state index in [0.29, 0.717) is 5.92 Å². The van der Waals surface area contributed by atoms with Crippen molar-refractivity contribution in [2.24, 2.45) is 0 Å². The van der Waals surface area contributed by atoms with Gasteiger partial charge in [0.05, 0.1) is 5.92 Å². The van der Waals surface area contributed by atoms with Crippen LogP contribution in [0.4, 0.5) is 0 Å². The molecule has 2 aliphatic carbocycles. The quantitative estimate of drug-likeness (QED) is 0.126. The first-order chi connectivity index (χ1) is 23.3. The summed E-state index contributed by atoms with van der Waals surface area (Å²) in [6.45, 7) is 0. The number of fused-ring (bicyclic) bond motifs is 2. The average Bonchev–Trinajstić information content (AvgIpc) is 3.15. The molecule has 0 bridgehead atoms. The van der Waals surface area contributed by atoms with Gasteiger partial charge in [0.2, 0.25) is 21.1 Å². The second-order valence-electron chi connectivity index (χ2n) is 12.8. The Kier molecular flexibility index (Phi) is 8.88. The summed E-state index contributed by atoms with van der Waals surface area (Å²) < 4.78 is 0. The molecule has 3 aliphatic rings. The molecular formula is C45H39S2+. The van der Waals surface area contributed by atoms with Crippen LogP contribution in [0.25, 0.3) is 32.0 Å². The molecule has 1 atom stereocenters. The molecule has 2 heteroatoms. The molecule has 1 aromatic heterocycles. The van der Waals surface area contributed by atoms with Gasteiger partial charge < -0.3 is 0 Å². The van der Waals surface area contributed by atoms with Crippen molar-refractivity contribution >= 4 is 33.6 Å². The lowest BCUT2D eigenvalue weighted by molar-refractivity contribution is 0.639. The molecule has 4 aromatic carbocycles. The molecule has 1 unspecified atom stereocenters. The number of allylic oxidation sites excluding steroid dienone is 6. The van der Waals surface area contributed by atoms with Gasteiger partial charge in [-0.05, 0) is 96.6 Å². The van der Waals surface area contributed by atoms with Crippen LogP contribution in [0.5, 0.6) is 0 Å². The maximum atomic E-state index is 2.56. The van der Waals surface area contributed by atoms with Gasteiger partial charge in [-0.15, -0.1) is 0 Å². The fourth-order valence-electron chi connectivity index (χ4n) is 7.41. The van der Waals surface area contributed by atoms with Crippen molar-refractivity contribution < 1.29 is 0 Å². The van der Waals surface area contributed by atoms with Crippen molar-refractivity contribution in [3.63, 3.8) is 0 Å². The Morgan fingerprint density at radius 2 is 1.30 bits per heavy atom. The van der Waals surface area contributed by atoms with Gasteiger partial charge in [0, 0.05) is 27.0 Å². The van der Waals surface area contributed by atoms with Crippen LogP contribution in [0.3, 0.4) is 0 Å². The van der Waals surface area contributed by atoms with Gasteiger partial charge in [-0.25, -0.2) is 0 Å². The van der Waals surface area contributed by atoms with Crippen LogP contribution in [0, 0.1) is 0 Å². The third-order valence-electron chi connectivity index (χ3n) is 9.73. The summed E-state index contributed by atoms with van der Waals surface area (Å²) >= 11 is 4.01. The van der Waals surface area contributed by atoms with Gasteiger partial charge in [0.1, 0.15) is 0 Å². The second-order valence-corrected chi connectivity index (χ2v) is 14.9. The maximum absolute atomic E-state index is 2.56. The van der Waals surface area contributed by atoms with Crippen molar-refractivity contribution in [1.29, 1.82) is 0 Å². The zero-order chi connectivity index (χ0) is 31.4. The van der Waals surface area contributed by atoms with Crippen LogP contribution in [0.1, 0.15) is 66.0 Å². The van der Waals surface area contributed by atoms with E-state index >= 15 is 0 Å². The van der Waals surface area contributed by atoms with Crippen LogP contribution in [-0.2, 0) is 6.42 Å². The van der Waals surface area contributed by atoms with E-state index in [9.17, 15) is 0 Å². The van der Waals surface area contributed by atoms with Crippen molar-refractivity contribution in [2.45, 2.75) is 50.9 Å². The van der Waals surface area contributed by atoms with Crippen LogP contribution >= 0.6 is 23.1 Å². The highest BCUT2D eigenvalue weighted by molar-refractivity contribution is 8.12. The van der Waals surface area contributed by atoms with Gasteiger partial charge in [-0.2, -0.15) is 0 Å². The first-order valence-corrected chi connectivity index (χ1v) is 18.7. The number of benzene rings is 4. The van der Waals surface area contributed by atoms with E-state index in [-0.39, 0.29) is 0 Å². The number of hydrogen-bond donors (Lipinski definition) is 0. The van der Waals surface area contributed by atoms with Crippen LogP contribution in [0.2, 0.25) is 0 Å². The molecule has 0 amide bonds. The standard InChI is InChI=1S/C45H39S2/c1-5-16-32(17-6-1)40-30-42(34-20-9-3-10-21-34)46-44-36(26-14-28-38(40)44)24-13-25-37-27-15-29-39-41(33-18-7-2-8-19-33)31-43(47-45(37)39)35-22-11-4-12-23-35/h1-13,16-24,30-31,36H,14-15,25-29H2/q+1. The molecule has 0 nitrogen and oxygen atoms in total. The summed E-state index contributed by atoms with van der Waals surface area (Å²) in [5.74, 6) is 0.456. The van der Waals surface area contributed by atoms with Gasteiger partial charge >= 0.3 is 0 Å². The molecule has 0 fully saturated rings.